The van der Waals surface area contributed by atoms with Crippen molar-refractivity contribution >= 4 is 49.5 Å². The summed E-state index contributed by atoms with van der Waals surface area (Å²) >= 11 is 7.30. The number of nitrogens with one attached hydrogen (secondary N) is 1. The lowest BCUT2D eigenvalue weighted by Crippen LogP contribution is -2.30. The minimum Gasteiger partial charge on any atom is -0.330 e. The molecule has 27 heavy (non-hydrogen) atoms. The quantitative estimate of drug-likeness (QED) is 0.622. The van der Waals surface area contributed by atoms with Crippen molar-refractivity contribution in [2.75, 3.05) is 21.9 Å². The maximum absolute atomic E-state index is 12.2. The van der Waals surface area contributed by atoms with Crippen molar-refractivity contribution in [2.45, 2.75) is 13.3 Å². The highest BCUT2D eigenvalue weighted by Gasteiger charge is 2.28. The van der Waals surface area contributed by atoms with Crippen LogP contribution in [-0.4, -0.2) is 30.7 Å². The van der Waals surface area contributed by atoms with E-state index in [1.54, 1.807) is 19.2 Å². The summed E-state index contributed by atoms with van der Waals surface area (Å²) in [6.45, 7) is 2.17. The van der Waals surface area contributed by atoms with Gasteiger partial charge in [0.1, 0.15) is 5.15 Å². The highest BCUT2D eigenvalue weighted by atomic mass is 35.5. The molecule has 0 atom stereocenters. The van der Waals surface area contributed by atoms with E-state index in [0.29, 0.717) is 18.1 Å². The van der Waals surface area contributed by atoms with Gasteiger partial charge in [-0.15, -0.1) is 11.3 Å². The molecular formula is C18H17ClN4O2S2. The normalized spacial score (nSPS) is 13.6. The Hall–Kier alpha value is -2.16. The Kier molecular flexibility index (Phi) is 4.79. The maximum Gasteiger partial charge on any atom is 0.234 e. The van der Waals surface area contributed by atoms with Crippen LogP contribution in [-0.2, 0) is 16.4 Å². The number of hydrogen-bond donors (Lipinski definition) is 1. The first-order valence-corrected chi connectivity index (χ1v) is 11.3. The molecule has 140 valence electrons. The van der Waals surface area contributed by atoms with Gasteiger partial charge in [0, 0.05) is 17.5 Å². The molecule has 1 N–H and O–H groups in total. The fourth-order valence-corrected chi connectivity index (χ4v) is 5.02. The lowest BCUT2D eigenvalue weighted by molar-refractivity contribution is 0.593. The summed E-state index contributed by atoms with van der Waals surface area (Å²) in [5.74, 6) is 0.106. The predicted molar refractivity (Wildman–Crippen MR) is 111 cm³/mol. The number of rotatable bonds is 5. The molecule has 2 aromatic heterocycles. The van der Waals surface area contributed by atoms with E-state index in [4.69, 9.17) is 11.6 Å². The minimum absolute atomic E-state index is 0.106. The summed E-state index contributed by atoms with van der Waals surface area (Å²) in [5, 5.41) is 6.38. The summed E-state index contributed by atoms with van der Waals surface area (Å²) in [6, 6.07) is 9.39. The molecule has 0 saturated heterocycles. The lowest BCUT2D eigenvalue weighted by atomic mass is 10.1. The van der Waals surface area contributed by atoms with Gasteiger partial charge < -0.3 is 5.32 Å². The van der Waals surface area contributed by atoms with Crippen molar-refractivity contribution < 1.29 is 8.42 Å². The van der Waals surface area contributed by atoms with E-state index in [2.05, 4.69) is 15.3 Å². The summed E-state index contributed by atoms with van der Waals surface area (Å²) in [4.78, 5) is 8.66. The fraction of sp³-hybridized carbons (Fsp3) is 0.222. The van der Waals surface area contributed by atoms with Crippen LogP contribution in [0, 0.1) is 0 Å². The van der Waals surface area contributed by atoms with Crippen molar-refractivity contribution in [1.29, 1.82) is 0 Å². The van der Waals surface area contributed by atoms with E-state index >= 15 is 0 Å². The molecule has 0 aliphatic carbocycles. The number of fused-ring (bicyclic) bond motifs is 1. The molecule has 0 amide bonds. The van der Waals surface area contributed by atoms with E-state index in [1.165, 1.54) is 15.6 Å². The van der Waals surface area contributed by atoms with Gasteiger partial charge in [0.05, 0.1) is 29.0 Å². The van der Waals surface area contributed by atoms with Crippen LogP contribution < -0.4 is 9.62 Å². The SMILES string of the molecule is CCS(=O)(=O)N1CCc2cc(-c3csc(Nc4ccc(Cl)nc4)n3)ccc21. The second kappa shape index (κ2) is 7.10. The molecule has 0 fully saturated rings. The molecule has 0 bridgehead atoms. The van der Waals surface area contributed by atoms with Crippen LogP contribution in [0.2, 0.25) is 5.15 Å². The predicted octanol–water partition coefficient (Wildman–Crippen LogP) is 4.31. The minimum atomic E-state index is -3.23. The monoisotopic (exact) mass is 420 g/mol. The largest absolute Gasteiger partial charge is 0.330 e. The van der Waals surface area contributed by atoms with E-state index in [1.807, 2.05) is 29.6 Å². The molecule has 0 radical (unpaired) electrons. The molecule has 0 saturated carbocycles. The summed E-state index contributed by atoms with van der Waals surface area (Å²) in [7, 11) is -3.23. The molecule has 6 nitrogen and oxygen atoms in total. The Labute approximate surface area is 166 Å². The summed E-state index contributed by atoms with van der Waals surface area (Å²) in [6.07, 6.45) is 2.37. The Morgan fingerprint density at radius 3 is 2.89 bits per heavy atom. The van der Waals surface area contributed by atoms with Crippen LogP contribution in [0.3, 0.4) is 0 Å². The molecule has 0 unspecified atom stereocenters. The molecular weight excluding hydrogens is 404 g/mol. The molecule has 1 aromatic carbocycles. The molecule has 4 rings (SSSR count). The van der Waals surface area contributed by atoms with Crippen molar-refractivity contribution in [3.05, 3.63) is 52.6 Å². The number of anilines is 3. The zero-order valence-electron chi connectivity index (χ0n) is 14.5. The summed E-state index contributed by atoms with van der Waals surface area (Å²) in [5.41, 5.74) is 4.46. The van der Waals surface area contributed by atoms with Gasteiger partial charge in [-0.2, -0.15) is 0 Å². The van der Waals surface area contributed by atoms with Crippen LogP contribution in [0.4, 0.5) is 16.5 Å². The van der Waals surface area contributed by atoms with Gasteiger partial charge in [-0.3, -0.25) is 4.31 Å². The smallest absolute Gasteiger partial charge is 0.234 e. The number of halogens is 1. The van der Waals surface area contributed by atoms with Crippen molar-refractivity contribution in [3.8, 4) is 11.3 Å². The Morgan fingerprint density at radius 2 is 2.15 bits per heavy atom. The second-order valence-electron chi connectivity index (χ2n) is 6.10. The molecule has 3 aromatic rings. The molecule has 9 heteroatoms. The van der Waals surface area contributed by atoms with Gasteiger partial charge in [-0.05, 0) is 43.2 Å². The number of thiazole rings is 1. The first-order valence-electron chi connectivity index (χ1n) is 8.44. The highest BCUT2D eigenvalue weighted by Crippen LogP contribution is 2.35. The van der Waals surface area contributed by atoms with Crippen LogP contribution in [0.1, 0.15) is 12.5 Å². The number of pyridine rings is 1. The zero-order valence-corrected chi connectivity index (χ0v) is 16.9. The average molecular weight is 421 g/mol. The number of hydrogen-bond acceptors (Lipinski definition) is 6. The molecule has 3 heterocycles. The average Bonchev–Trinajstić information content (AvgIpc) is 3.30. The van der Waals surface area contributed by atoms with Gasteiger partial charge in [0.25, 0.3) is 0 Å². The highest BCUT2D eigenvalue weighted by molar-refractivity contribution is 7.92. The van der Waals surface area contributed by atoms with E-state index in [9.17, 15) is 8.42 Å². The number of aromatic nitrogens is 2. The number of sulfonamides is 1. The molecule has 1 aliphatic rings. The van der Waals surface area contributed by atoms with Crippen LogP contribution >= 0.6 is 22.9 Å². The van der Waals surface area contributed by atoms with Crippen molar-refractivity contribution in [3.63, 3.8) is 0 Å². The Balaban J connectivity index is 1.57. The van der Waals surface area contributed by atoms with E-state index in [-0.39, 0.29) is 5.75 Å². The van der Waals surface area contributed by atoms with Crippen LogP contribution in [0.15, 0.2) is 41.9 Å². The third-order valence-corrected chi connectivity index (χ3v) is 7.17. The van der Waals surface area contributed by atoms with E-state index in [0.717, 1.165) is 33.3 Å². The maximum atomic E-state index is 12.2. The number of benzene rings is 1. The first kappa shape index (κ1) is 18.2. The lowest BCUT2D eigenvalue weighted by Gasteiger charge is -2.18. The van der Waals surface area contributed by atoms with Crippen LogP contribution in [0.25, 0.3) is 11.3 Å². The van der Waals surface area contributed by atoms with Gasteiger partial charge >= 0.3 is 0 Å². The second-order valence-corrected chi connectivity index (χ2v) is 9.53. The third-order valence-electron chi connectivity index (χ3n) is 4.41. The number of nitrogens with zero attached hydrogens (tertiary/aromatic N) is 3. The van der Waals surface area contributed by atoms with Gasteiger partial charge in [-0.25, -0.2) is 18.4 Å². The summed E-state index contributed by atoms with van der Waals surface area (Å²) < 4.78 is 25.9. The van der Waals surface area contributed by atoms with E-state index < -0.39 is 10.0 Å². The fourth-order valence-electron chi connectivity index (χ4n) is 3.01. The van der Waals surface area contributed by atoms with Crippen molar-refractivity contribution in [2.24, 2.45) is 0 Å². The molecule has 0 spiro atoms. The van der Waals surface area contributed by atoms with Gasteiger partial charge in [-0.1, -0.05) is 17.7 Å². The standard InChI is InChI=1S/C18H17ClN4O2S2/c1-2-27(24,25)23-8-7-13-9-12(3-5-16(13)23)15-11-26-18(22-15)21-14-4-6-17(19)20-10-14/h3-6,9-11H,2,7-8H2,1H3,(H,21,22). The Morgan fingerprint density at radius 1 is 1.30 bits per heavy atom. The van der Waals surface area contributed by atoms with Gasteiger partial charge in [0.2, 0.25) is 10.0 Å². The topological polar surface area (TPSA) is 75.2 Å². The first-order chi connectivity index (χ1) is 13.0. The Bertz CT molecular complexity index is 1080. The van der Waals surface area contributed by atoms with Crippen LogP contribution in [0.5, 0.6) is 0 Å². The van der Waals surface area contributed by atoms with Gasteiger partial charge in [0.15, 0.2) is 5.13 Å². The third kappa shape index (κ3) is 3.65. The van der Waals surface area contributed by atoms with Crippen molar-refractivity contribution in [1.82, 2.24) is 9.97 Å². The zero-order chi connectivity index (χ0) is 19.0. The molecule has 1 aliphatic heterocycles.